The summed E-state index contributed by atoms with van der Waals surface area (Å²) in [5.41, 5.74) is 5.02. The van der Waals surface area contributed by atoms with Crippen LogP contribution in [-0.2, 0) is 12.7 Å². The number of halogens is 3. The molecule has 0 unspecified atom stereocenters. The first-order valence-corrected chi connectivity index (χ1v) is 4.93. The van der Waals surface area contributed by atoms with Crippen LogP contribution in [0.25, 0.3) is 0 Å². The van der Waals surface area contributed by atoms with Crippen LogP contribution in [0.5, 0.6) is 0 Å². The Morgan fingerprint density at radius 2 is 2.11 bits per heavy atom. The van der Waals surface area contributed by atoms with Gasteiger partial charge in [0.05, 0.1) is 12.1 Å². The highest BCUT2D eigenvalue weighted by molar-refractivity contribution is 5.47. The molecule has 0 aliphatic carbocycles. The van der Waals surface area contributed by atoms with Crippen molar-refractivity contribution >= 4 is 11.6 Å². The maximum Gasteiger partial charge on any atom is 0.416 e. The molecule has 96 valence electrons. The van der Waals surface area contributed by atoms with E-state index in [1.807, 2.05) is 0 Å². The first kappa shape index (κ1) is 12.2. The van der Waals surface area contributed by atoms with Crippen molar-refractivity contribution in [1.29, 1.82) is 0 Å². The summed E-state index contributed by atoms with van der Waals surface area (Å²) in [5, 5.41) is 6.29. The van der Waals surface area contributed by atoms with E-state index in [0.717, 1.165) is 12.1 Å². The highest BCUT2D eigenvalue weighted by Crippen LogP contribution is 2.31. The summed E-state index contributed by atoms with van der Waals surface area (Å²) in [6.45, 7) is 0.199. The molecule has 2 heterocycles. The van der Waals surface area contributed by atoms with Crippen LogP contribution in [0.1, 0.15) is 11.3 Å². The van der Waals surface area contributed by atoms with Gasteiger partial charge in [0.1, 0.15) is 23.6 Å². The summed E-state index contributed by atoms with van der Waals surface area (Å²) in [6.07, 6.45) is -3.09. The SMILES string of the molecule is Nc1cc(C(F)(F)F)cc(NCc2ccon2)n1. The lowest BCUT2D eigenvalue weighted by Gasteiger charge is -2.10. The van der Waals surface area contributed by atoms with Gasteiger partial charge in [0.2, 0.25) is 0 Å². The van der Waals surface area contributed by atoms with Crippen molar-refractivity contribution in [2.24, 2.45) is 0 Å². The molecule has 8 heteroatoms. The lowest BCUT2D eigenvalue weighted by atomic mass is 10.2. The van der Waals surface area contributed by atoms with Crippen molar-refractivity contribution in [3.8, 4) is 0 Å². The molecule has 0 aliphatic heterocycles. The van der Waals surface area contributed by atoms with E-state index in [2.05, 4.69) is 20.0 Å². The number of nitrogens with two attached hydrogens (primary N) is 1. The molecule has 18 heavy (non-hydrogen) atoms. The van der Waals surface area contributed by atoms with E-state index in [1.165, 1.54) is 6.26 Å². The summed E-state index contributed by atoms with van der Waals surface area (Å²) in [7, 11) is 0. The number of hydrogen-bond acceptors (Lipinski definition) is 5. The first-order chi connectivity index (χ1) is 8.45. The van der Waals surface area contributed by atoms with Crippen LogP contribution in [0.3, 0.4) is 0 Å². The molecule has 2 aromatic rings. The molecular weight excluding hydrogens is 249 g/mol. The maximum atomic E-state index is 12.5. The van der Waals surface area contributed by atoms with Gasteiger partial charge >= 0.3 is 6.18 Å². The van der Waals surface area contributed by atoms with E-state index in [0.29, 0.717) is 5.69 Å². The number of nitrogens with one attached hydrogen (secondary N) is 1. The Labute approximate surface area is 99.8 Å². The van der Waals surface area contributed by atoms with Gasteiger partial charge in [0.15, 0.2) is 0 Å². The number of rotatable bonds is 3. The lowest BCUT2D eigenvalue weighted by molar-refractivity contribution is -0.137. The van der Waals surface area contributed by atoms with Crippen LogP contribution in [0.15, 0.2) is 29.0 Å². The number of alkyl halides is 3. The van der Waals surface area contributed by atoms with E-state index >= 15 is 0 Å². The van der Waals surface area contributed by atoms with Gasteiger partial charge < -0.3 is 15.6 Å². The molecule has 2 aromatic heterocycles. The Hall–Kier alpha value is -2.25. The zero-order valence-corrected chi connectivity index (χ0v) is 9.03. The Bertz CT molecular complexity index is 524. The fraction of sp³-hybridized carbons (Fsp3) is 0.200. The predicted molar refractivity (Wildman–Crippen MR) is 57.5 cm³/mol. The maximum absolute atomic E-state index is 12.5. The van der Waals surface area contributed by atoms with Crippen molar-refractivity contribution in [1.82, 2.24) is 10.1 Å². The second-order valence-corrected chi connectivity index (χ2v) is 3.51. The monoisotopic (exact) mass is 258 g/mol. The quantitative estimate of drug-likeness (QED) is 0.883. The number of pyridine rings is 1. The van der Waals surface area contributed by atoms with Crippen molar-refractivity contribution in [2.45, 2.75) is 12.7 Å². The predicted octanol–water partition coefficient (Wildman–Crippen LogP) is 2.28. The number of hydrogen-bond donors (Lipinski definition) is 2. The highest BCUT2D eigenvalue weighted by atomic mass is 19.4. The smallest absolute Gasteiger partial charge is 0.384 e. The fourth-order valence-corrected chi connectivity index (χ4v) is 1.32. The normalized spacial score (nSPS) is 11.5. The minimum Gasteiger partial charge on any atom is -0.384 e. The molecule has 0 atom stereocenters. The fourth-order valence-electron chi connectivity index (χ4n) is 1.32. The number of anilines is 2. The Morgan fingerprint density at radius 3 is 2.72 bits per heavy atom. The third-order valence-electron chi connectivity index (χ3n) is 2.11. The molecule has 0 spiro atoms. The van der Waals surface area contributed by atoms with Gasteiger partial charge in [-0.05, 0) is 12.1 Å². The van der Waals surface area contributed by atoms with Crippen LogP contribution in [0.2, 0.25) is 0 Å². The second-order valence-electron chi connectivity index (χ2n) is 3.51. The van der Waals surface area contributed by atoms with Gasteiger partial charge in [-0.1, -0.05) is 5.16 Å². The molecular formula is C10H9F3N4O. The summed E-state index contributed by atoms with van der Waals surface area (Å²) in [6, 6.07) is 3.25. The Balaban J connectivity index is 2.15. The average Bonchev–Trinajstić information content (AvgIpc) is 2.77. The molecule has 5 nitrogen and oxygen atoms in total. The van der Waals surface area contributed by atoms with Gasteiger partial charge in [-0.2, -0.15) is 13.2 Å². The minimum atomic E-state index is -4.46. The summed E-state index contributed by atoms with van der Waals surface area (Å²) < 4.78 is 42.2. The number of nitrogen functional groups attached to an aromatic ring is 1. The molecule has 0 amide bonds. The highest BCUT2D eigenvalue weighted by Gasteiger charge is 2.31. The molecule has 0 fully saturated rings. The topological polar surface area (TPSA) is 77.0 Å². The average molecular weight is 258 g/mol. The molecule has 0 radical (unpaired) electrons. The van der Waals surface area contributed by atoms with E-state index < -0.39 is 11.7 Å². The Morgan fingerprint density at radius 1 is 1.33 bits per heavy atom. The van der Waals surface area contributed by atoms with Gasteiger partial charge in [-0.15, -0.1) is 0 Å². The Kier molecular flexibility index (Phi) is 3.09. The largest absolute Gasteiger partial charge is 0.416 e. The van der Waals surface area contributed by atoms with E-state index in [1.54, 1.807) is 6.07 Å². The van der Waals surface area contributed by atoms with Gasteiger partial charge in [-0.3, -0.25) is 0 Å². The van der Waals surface area contributed by atoms with Crippen molar-refractivity contribution in [3.63, 3.8) is 0 Å². The van der Waals surface area contributed by atoms with Crippen LogP contribution in [-0.4, -0.2) is 10.1 Å². The zero-order valence-electron chi connectivity index (χ0n) is 9.03. The lowest BCUT2D eigenvalue weighted by Crippen LogP contribution is -2.09. The van der Waals surface area contributed by atoms with Gasteiger partial charge in [0.25, 0.3) is 0 Å². The molecule has 0 saturated heterocycles. The van der Waals surface area contributed by atoms with Crippen LogP contribution in [0, 0.1) is 0 Å². The van der Waals surface area contributed by atoms with Crippen molar-refractivity contribution in [3.05, 3.63) is 35.7 Å². The number of nitrogens with zero attached hydrogens (tertiary/aromatic N) is 2. The van der Waals surface area contributed by atoms with Gasteiger partial charge in [-0.25, -0.2) is 4.98 Å². The third kappa shape index (κ3) is 2.90. The summed E-state index contributed by atoms with van der Waals surface area (Å²) >= 11 is 0. The van der Waals surface area contributed by atoms with Crippen molar-refractivity contribution < 1.29 is 17.7 Å². The minimum absolute atomic E-state index is 0.0327. The molecule has 0 saturated carbocycles. The molecule has 0 aliphatic rings. The van der Waals surface area contributed by atoms with Gasteiger partial charge in [0, 0.05) is 6.07 Å². The van der Waals surface area contributed by atoms with E-state index in [9.17, 15) is 13.2 Å². The molecule has 0 bridgehead atoms. The molecule has 2 rings (SSSR count). The summed E-state index contributed by atoms with van der Waals surface area (Å²) in [4.78, 5) is 3.76. The first-order valence-electron chi connectivity index (χ1n) is 4.93. The van der Waals surface area contributed by atoms with Crippen molar-refractivity contribution in [2.75, 3.05) is 11.1 Å². The summed E-state index contributed by atoms with van der Waals surface area (Å²) in [5.74, 6) is -0.169. The standard InChI is InChI=1S/C10H9F3N4O/c11-10(12,13)6-3-8(14)16-9(4-6)15-5-7-1-2-18-17-7/h1-4H,5H2,(H3,14,15,16). The van der Waals surface area contributed by atoms with E-state index in [4.69, 9.17) is 5.73 Å². The molecule has 0 aromatic carbocycles. The van der Waals surface area contributed by atoms with Crippen LogP contribution >= 0.6 is 0 Å². The van der Waals surface area contributed by atoms with Crippen LogP contribution < -0.4 is 11.1 Å². The van der Waals surface area contributed by atoms with E-state index in [-0.39, 0.29) is 18.2 Å². The number of aromatic nitrogens is 2. The second kappa shape index (κ2) is 4.55. The molecule has 3 N–H and O–H groups in total. The third-order valence-corrected chi connectivity index (χ3v) is 2.11. The zero-order chi connectivity index (χ0) is 13.2. The van der Waals surface area contributed by atoms with Crippen LogP contribution in [0.4, 0.5) is 24.8 Å².